The van der Waals surface area contributed by atoms with Crippen LogP contribution in [0.5, 0.6) is 5.75 Å². The highest BCUT2D eigenvalue weighted by Gasteiger charge is 2.17. The van der Waals surface area contributed by atoms with Crippen LogP contribution in [0, 0.1) is 6.92 Å². The molecule has 1 aliphatic rings. The minimum Gasteiger partial charge on any atom is -0.495 e. The van der Waals surface area contributed by atoms with Crippen molar-refractivity contribution in [2.45, 2.75) is 13.3 Å². The van der Waals surface area contributed by atoms with E-state index in [1.807, 2.05) is 6.92 Å². The number of ether oxygens (including phenoxy) is 2. The minimum absolute atomic E-state index is 0.0438. The molecule has 0 atom stereocenters. The van der Waals surface area contributed by atoms with Gasteiger partial charge in [0, 0.05) is 5.56 Å². The molecule has 1 aromatic rings. The molecule has 2 rings (SSSR count). The summed E-state index contributed by atoms with van der Waals surface area (Å²) in [6.07, 6.45) is 0.184. The molecule has 96 valence electrons. The van der Waals surface area contributed by atoms with Crippen molar-refractivity contribution in [1.29, 1.82) is 0 Å². The summed E-state index contributed by atoms with van der Waals surface area (Å²) in [7, 11) is 1.54. The number of nitrogens with zero attached hydrogens (tertiary/aromatic N) is 1. The van der Waals surface area contributed by atoms with Crippen LogP contribution in [-0.4, -0.2) is 31.9 Å². The fourth-order valence-corrected chi connectivity index (χ4v) is 2.07. The van der Waals surface area contributed by atoms with E-state index in [0.717, 1.165) is 5.56 Å². The maximum absolute atomic E-state index is 12.1. The molecule has 4 nitrogen and oxygen atoms in total. The number of methoxy groups -OCH3 is 1. The molecule has 0 radical (unpaired) electrons. The molecule has 0 fully saturated rings. The van der Waals surface area contributed by atoms with Crippen LogP contribution in [0.2, 0.25) is 5.02 Å². The molecule has 0 spiro atoms. The Morgan fingerprint density at radius 3 is 2.94 bits per heavy atom. The molecule has 1 heterocycles. The summed E-state index contributed by atoms with van der Waals surface area (Å²) in [5, 5.41) is 0.431. The van der Waals surface area contributed by atoms with Crippen molar-refractivity contribution in [1.82, 2.24) is 0 Å². The third kappa shape index (κ3) is 2.64. The van der Waals surface area contributed by atoms with Crippen molar-refractivity contribution in [3.05, 3.63) is 28.3 Å². The first-order chi connectivity index (χ1) is 8.61. The lowest BCUT2D eigenvalue weighted by atomic mass is 10.0. The second kappa shape index (κ2) is 5.40. The lowest BCUT2D eigenvalue weighted by Crippen LogP contribution is -2.10. The molecule has 0 aromatic heterocycles. The summed E-state index contributed by atoms with van der Waals surface area (Å²) in [5.41, 5.74) is 1.42. The first-order valence-corrected chi connectivity index (χ1v) is 6.03. The van der Waals surface area contributed by atoms with E-state index in [0.29, 0.717) is 35.4 Å². The fourth-order valence-electron chi connectivity index (χ4n) is 1.83. The average Bonchev–Trinajstić information content (AvgIpc) is 2.84. The van der Waals surface area contributed by atoms with E-state index in [1.165, 1.54) is 0 Å². The van der Waals surface area contributed by atoms with Gasteiger partial charge in [0.2, 0.25) is 0 Å². The largest absolute Gasteiger partial charge is 0.495 e. The van der Waals surface area contributed by atoms with Crippen LogP contribution >= 0.6 is 11.6 Å². The topological polar surface area (TPSA) is 47.9 Å². The monoisotopic (exact) mass is 267 g/mol. The highest BCUT2D eigenvalue weighted by atomic mass is 35.5. The average molecular weight is 268 g/mol. The maximum atomic E-state index is 12.1. The Hall–Kier alpha value is -1.55. The molecule has 0 saturated heterocycles. The maximum Gasteiger partial charge on any atom is 0.191 e. The number of hydrogen-bond acceptors (Lipinski definition) is 4. The number of rotatable bonds is 4. The van der Waals surface area contributed by atoms with E-state index in [4.69, 9.17) is 21.1 Å². The van der Waals surface area contributed by atoms with Crippen molar-refractivity contribution in [3.8, 4) is 5.75 Å². The van der Waals surface area contributed by atoms with Crippen LogP contribution in [0.1, 0.15) is 22.3 Å². The Bertz CT molecular complexity index is 511. The SMILES string of the molecule is COc1cc(C)c(C(=O)CC2=NCCO2)cc1Cl. The smallest absolute Gasteiger partial charge is 0.191 e. The number of benzene rings is 1. The first kappa shape index (κ1) is 12.9. The Balaban J connectivity index is 2.22. The Morgan fingerprint density at radius 1 is 1.56 bits per heavy atom. The third-order valence-electron chi connectivity index (χ3n) is 2.76. The van der Waals surface area contributed by atoms with Gasteiger partial charge in [0.25, 0.3) is 0 Å². The van der Waals surface area contributed by atoms with Crippen LogP contribution in [0.4, 0.5) is 0 Å². The second-order valence-corrected chi connectivity index (χ2v) is 4.43. The number of carbonyl (C=O) groups excluding carboxylic acids is 1. The van der Waals surface area contributed by atoms with Crippen molar-refractivity contribution in [3.63, 3.8) is 0 Å². The predicted molar refractivity (Wildman–Crippen MR) is 69.9 cm³/mol. The quantitative estimate of drug-likeness (QED) is 0.788. The molecule has 0 bridgehead atoms. The van der Waals surface area contributed by atoms with Gasteiger partial charge in [-0.2, -0.15) is 0 Å². The van der Waals surface area contributed by atoms with E-state index in [9.17, 15) is 4.79 Å². The summed E-state index contributed by atoms with van der Waals surface area (Å²) in [5.74, 6) is 1.03. The van der Waals surface area contributed by atoms with Gasteiger partial charge in [-0.1, -0.05) is 11.6 Å². The van der Waals surface area contributed by atoms with Gasteiger partial charge in [-0.15, -0.1) is 0 Å². The van der Waals surface area contributed by atoms with Crippen LogP contribution in [-0.2, 0) is 4.74 Å². The zero-order valence-electron chi connectivity index (χ0n) is 10.3. The predicted octanol–water partition coefficient (Wildman–Crippen LogP) is 2.66. The van der Waals surface area contributed by atoms with Crippen molar-refractivity contribution < 1.29 is 14.3 Å². The summed E-state index contributed by atoms with van der Waals surface area (Å²) in [4.78, 5) is 16.2. The lowest BCUT2D eigenvalue weighted by molar-refractivity contribution is 0.0994. The molecule has 1 aliphatic heterocycles. The van der Waals surface area contributed by atoms with Gasteiger partial charge >= 0.3 is 0 Å². The van der Waals surface area contributed by atoms with Gasteiger partial charge in [-0.25, -0.2) is 0 Å². The van der Waals surface area contributed by atoms with Gasteiger partial charge in [-0.3, -0.25) is 9.79 Å². The highest BCUT2D eigenvalue weighted by Crippen LogP contribution is 2.28. The van der Waals surface area contributed by atoms with E-state index < -0.39 is 0 Å². The van der Waals surface area contributed by atoms with Gasteiger partial charge in [0.1, 0.15) is 12.4 Å². The van der Waals surface area contributed by atoms with E-state index in [1.54, 1.807) is 19.2 Å². The van der Waals surface area contributed by atoms with Gasteiger partial charge < -0.3 is 9.47 Å². The first-order valence-electron chi connectivity index (χ1n) is 5.65. The number of Topliss-reactive ketones (excluding diaryl/α,β-unsaturated/α-hetero) is 1. The van der Waals surface area contributed by atoms with E-state index >= 15 is 0 Å². The normalized spacial score (nSPS) is 14.1. The summed E-state index contributed by atoms with van der Waals surface area (Å²) >= 11 is 6.02. The number of halogens is 1. The van der Waals surface area contributed by atoms with Crippen molar-refractivity contribution in [2.24, 2.45) is 4.99 Å². The Labute approximate surface area is 111 Å². The zero-order valence-corrected chi connectivity index (χ0v) is 11.1. The molecule has 0 N–H and O–H groups in total. The van der Waals surface area contributed by atoms with E-state index in [2.05, 4.69) is 4.99 Å². The van der Waals surface area contributed by atoms with Gasteiger partial charge in [0.15, 0.2) is 11.7 Å². The summed E-state index contributed by atoms with van der Waals surface area (Å²) < 4.78 is 10.3. The molecule has 1 aromatic carbocycles. The number of carbonyl (C=O) groups is 1. The van der Waals surface area contributed by atoms with Crippen molar-refractivity contribution >= 4 is 23.3 Å². The van der Waals surface area contributed by atoms with Crippen molar-refractivity contribution in [2.75, 3.05) is 20.3 Å². The number of hydrogen-bond donors (Lipinski definition) is 0. The number of ketones is 1. The second-order valence-electron chi connectivity index (χ2n) is 4.03. The van der Waals surface area contributed by atoms with Crippen LogP contribution in [0.15, 0.2) is 17.1 Å². The van der Waals surface area contributed by atoms with Crippen LogP contribution in [0.25, 0.3) is 0 Å². The molecule has 18 heavy (non-hydrogen) atoms. The Morgan fingerprint density at radius 2 is 2.33 bits per heavy atom. The molecule has 0 saturated carbocycles. The molecular formula is C13H14ClNO3. The minimum atomic E-state index is -0.0438. The summed E-state index contributed by atoms with van der Waals surface area (Å²) in [6, 6.07) is 3.39. The van der Waals surface area contributed by atoms with E-state index in [-0.39, 0.29) is 12.2 Å². The molecule has 0 amide bonds. The highest BCUT2D eigenvalue weighted by molar-refractivity contribution is 6.32. The molecule has 0 unspecified atom stereocenters. The summed E-state index contributed by atoms with van der Waals surface area (Å²) in [6.45, 7) is 3.04. The molecular weight excluding hydrogens is 254 g/mol. The van der Waals surface area contributed by atoms with Gasteiger partial charge in [0.05, 0.1) is 25.1 Å². The third-order valence-corrected chi connectivity index (χ3v) is 3.05. The number of aliphatic imine (C=N–C) groups is 1. The lowest BCUT2D eigenvalue weighted by Gasteiger charge is -2.09. The molecule has 0 aliphatic carbocycles. The zero-order chi connectivity index (χ0) is 13.1. The fraction of sp³-hybridized carbons (Fsp3) is 0.385. The molecule has 5 heteroatoms. The van der Waals surface area contributed by atoms with Crippen LogP contribution in [0.3, 0.4) is 0 Å². The Kier molecular flexibility index (Phi) is 3.87. The van der Waals surface area contributed by atoms with Gasteiger partial charge in [-0.05, 0) is 24.6 Å². The standard InChI is InChI=1S/C13H14ClNO3/c1-8-5-12(17-2)10(14)6-9(8)11(16)7-13-15-3-4-18-13/h5-6H,3-4,7H2,1-2H3. The van der Waals surface area contributed by atoms with Crippen LogP contribution < -0.4 is 4.74 Å². The number of aryl methyl sites for hydroxylation is 1.